The van der Waals surface area contributed by atoms with Crippen molar-refractivity contribution < 1.29 is 5.11 Å². The summed E-state index contributed by atoms with van der Waals surface area (Å²) in [6, 6.07) is 0. The van der Waals surface area contributed by atoms with Crippen molar-refractivity contribution >= 4 is 0 Å². The maximum atomic E-state index is 9.90. The number of rotatable bonds is 6. The lowest BCUT2D eigenvalue weighted by atomic mass is 9.74. The van der Waals surface area contributed by atoms with Gasteiger partial charge in [0.1, 0.15) is 0 Å². The zero-order valence-electron chi connectivity index (χ0n) is 12.1. The molecule has 1 nitrogen and oxygen atoms in total. The largest absolute Gasteiger partial charge is 0.389 e. The van der Waals surface area contributed by atoms with Gasteiger partial charge in [0.05, 0.1) is 6.10 Å². The van der Waals surface area contributed by atoms with E-state index in [0.29, 0.717) is 0 Å². The van der Waals surface area contributed by atoms with Gasteiger partial charge in [-0.25, -0.2) is 0 Å². The first-order valence-electron chi connectivity index (χ1n) is 7.34. The van der Waals surface area contributed by atoms with E-state index in [0.717, 1.165) is 12.3 Å². The minimum atomic E-state index is -0.211. The predicted molar refractivity (Wildman–Crippen MR) is 75.0 cm³/mol. The number of unbranched alkanes of at least 4 members (excludes halogenated alkanes) is 1. The molecule has 0 fully saturated rings. The van der Waals surface area contributed by atoms with Crippen molar-refractivity contribution in [1.82, 2.24) is 0 Å². The Labute approximate surface area is 107 Å². The Morgan fingerprint density at radius 3 is 2.65 bits per heavy atom. The number of allylic oxidation sites excluding steroid dienone is 1. The van der Waals surface area contributed by atoms with Crippen LogP contribution in [0.4, 0.5) is 0 Å². The van der Waals surface area contributed by atoms with E-state index in [4.69, 9.17) is 0 Å². The van der Waals surface area contributed by atoms with E-state index in [9.17, 15) is 5.11 Å². The molecule has 0 saturated heterocycles. The molecule has 0 aromatic carbocycles. The molecule has 0 bridgehead atoms. The molecule has 0 aliphatic heterocycles. The highest BCUT2D eigenvalue weighted by atomic mass is 16.3. The average molecular weight is 238 g/mol. The third-order valence-corrected chi connectivity index (χ3v) is 3.99. The van der Waals surface area contributed by atoms with Gasteiger partial charge >= 0.3 is 0 Å². The third kappa shape index (κ3) is 5.25. The fourth-order valence-electron chi connectivity index (χ4n) is 3.10. The van der Waals surface area contributed by atoms with Crippen LogP contribution in [-0.2, 0) is 0 Å². The molecule has 1 N–H and O–H groups in total. The van der Waals surface area contributed by atoms with Gasteiger partial charge in [0, 0.05) is 0 Å². The van der Waals surface area contributed by atoms with E-state index in [1.807, 2.05) is 0 Å². The average Bonchev–Trinajstić information content (AvgIpc) is 2.21. The van der Waals surface area contributed by atoms with Crippen molar-refractivity contribution in [3.63, 3.8) is 0 Å². The Morgan fingerprint density at radius 2 is 2.12 bits per heavy atom. The lowest BCUT2D eigenvalue weighted by molar-refractivity contribution is 0.136. The van der Waals surface area contributed by atoms with E-state index >= 15 is 0 Å². The lowest BCUT2D eigenvalue weighted by Gasteiger charge is -2.33. The molecular weight excluding hydrogens is 208 g/mol. The van der Waals surface area contributed by atoms with Gasteiger partial charge in [-0.05, 0) is 30.6 Å². The van der Waals surface area contributed by atoms with Gasteiger partial charge in [0.25, 0.3) is 0 Å². The van der Waals surface area contributed by atoms with Gasteiger partial charge in [0.15, 0.2) is 0 Å². The highest BCUT2D eigenvalue weighted by molar-refractivity contribution is 5.13. The van der Waals surface area contributed by atoms with Crippen molar-refractivity contribution in [2.45, 2.75) is 78.7 Å². The van der Waals surface area contributed by atoms with E-state index in [1.165, 1.54) is 44.1 Å². The molecule has 0 aromatic heterocycles. The first kappa shape index (κ1) is 14.8. The van der Waals surface area contributed by atoms with Gasteiger partial charge in [-0.2, -0.15) is 0 Å². The van der Waals surface area contributed by atoms with Crippen LogP contribution < -0.4 is 0 Å². The molecule has 1 rings (SSSR count). The minimum absolute atomic E-state index is 0.211. The van der Waals surface area contributed by atoms with Crippen LogP contribution in [0.2, 0.25) is 0 Å². The second kappa shape index (κ2) is 6.58. The molecule has 1 aliphatic rings. The highest BCUT2D eigenvalue weighted by Gasteiger charge is 2.28. The number of hydrogen-bond donors (Lipinski definition) is 1. The molecule has 17 heavy (non-hydrogen) atoms. The molecule has 100 valence electrons. The predicted octanol–water partition coefficient (Wildman–Crippen LogP) is 4.70. The van der Waals surface area contributed by atoms with Crippen LogP contribution in [-0.4, -0.2) is 11.2 Å². The molecule has 0 aromatic rings. The normalized spacial score (nSPS) is 25.5. The van der Waals surface area contributed by atoms with Crippen molar-refractivity contribution in [3.8, 4) is 0 Å². The Morgan fingerprint density at radius 1 is 1.41 bits per heavy atom. The smallest absolute Gasteiger partial charge is 0.0728 e. The minimum Gasteiger partial charge on any atom is -0.389 e. The first-order valence-corrected chi connectivity index (χ1v) is 7.34. The number of aliphatic hydroxyl groups is 1. The second-order valence-electron chi connectivity index (χ2n) is 6.56. The van der Waals surface area contributed by atoms with E-state index in [-0.39, 0.29) is 11.5 Å². The topological polar surface area (TPSA) is 20.2 Å². The quantitative estimate of drug-likeness (QED) is 0.665. The molecule has 1 aliphatic carbocycles. The Hall–Kier alpha value is -0.300. The van der Waals surface area contributed by atoms with Crippen molar-refractivity contribution in [2.75, 3.05) is 0 Å². The van der Waals surface area contributed by atoms with Crippen molar-refractivity contribution in [1.29, 1.82) is 0 Å². The fourth-order valence-corrected chi connectivity index (χ4v) is 3.10. The Balaban J connectivity index is 2.54. The standard InChI is InChI=1S/C16H30O/c1-5-7-8-13(6-2)9-14-10-15(17)12-16(3,4)11-14/h10,13,15,17H,5-9,11-12H2,1-4H3. The summed E-state index contributed by atoms with van der Waals surface area (Å²) in [5.41, 5.74) is 1.78. The van der Waals surface area contributed by atoms with Gasteiger partial charge < -0.3 is 5.11 Å². The summed E-state index contributed by atoms with van der Waals surface area (Å²) in [5.74, 6) is 0.822. The van der Waals surface area contributed by atoms with Crippen molar-refractivity contribution in [3.05, 3.63) is 11.6 Å². The molecule has 0 amide bonds. The van der Waals surface area contributed by atoms with Crippen LogP contribution in [0.5, 0.6) is 0 Å². The first-order chi connectivity index (χ1) is 7.96. The van der Waals surface area contributed by atoms with E-state index < -0.39 is 0 Å². The van der Waals surface area contributed by atoms with Gasteiger partial charge in [-0.3, -0.25) is 0 Å². The lowest BCUT2D eigenvalue weighted by Crippen LogP contribution is -2.25. The van der Waals surface area contributed by atoms with Crippen LogP contribution in [0.25, 0.3) is 0 Å². The molecule has 0 radical (unpaired) electrons. The molecule has 2 atom stereocenters. The molecule has 0 heterocycles. The summed E-state index contributed by atoms with van der Waals surface area (Å²) < 4.78 is 0. The van der Waals surface area contributed by atoms with Crippen LogP contribution in [0.15, 0.2) is 11.6 Å². The third-order valence-electron chi connectivity index (χ3n) is 3.99. The SMILES string of the molecule is CCCCC(CC)CC1=CC(O)CC(C)(C)C1. The Kier molecular flexibility index (Phi) is 5.72. The number of aliphatic hydroxyl groups excluding tert-OH is 1. The monoisotopic (exact) mass is 238 g/mol. The zero-order valence-corrected chi connectivity index (χ0v) is 12.1. The van der Waals surface area contributed by atoms with Gasteiger partial charge in [0.2, 0.25) is 0 Å². The highest BCUT2D eigenvalue weighted by Crippen LogP contribution is 2.38. The summed E-state index contributed by atoms with van der Waals surface area (Å²) in [6.07, 6.45) is 10.5. The molecule has 0 spiro atoms. The molecule has 0 saturated carbocycles. The summed E-state index contributed by atoms with van der Waals surface area (Å²) in [6.45, 7) is 9.11. The fraction of sp³-hybridized carbons (Fsp3) is 0.875. The van der Waals surface area contributed by atoms with Gasteiger partial charge in [-0.1, -0.05) is 65.0 Å². The molecule has 1 heteroatoms. The summed E-state index contributed by atoms with van der Waals surface area (Å²) >= 11 is 0. The Bertz CT molecular complexity index is 252. The zero-order chi connectivity index (χ0) is 12.9. The van der Waals surface area contributed by atoms with Crippen LogP contribution >= 0.6 is 0 Å². The van der Waals surface area contributed by atoms with Crippen molar-refractivity contribution in [2.24, 2.45) is 11.3 Å². The maximum Gasteiger partial charge on any atom is 0.0728 e. The van der Waals surface area contributed by atoms with E-state index in [1.54, 1.807) is 0 Å². The second-order valence-corrected chi connectivity index (χ2v) is 6.56. The van der Waals surface area contributed by atoms with E-state index in [2.05, 4.69) is 33.8 Å². The maximum absolute atomic E-state index is 9.90. The summed E-state index contributed by atoms with van der Waals surface area (Å²) in [5, 5.41) is 9.90. The summed E-state index contributed by atoms with van der Waals surface area (Å²) in [7, 11) is 0. The molecular formula is C16H30O. The number of hydrogen-bond acceptors (Lipinski definition) is 1. The summed E-state index contributed by atoms with van der Waals surface area (Å²) in [4.78, 5) is 0. The van der Waals surface area contributed by atoms with Crippen LogP contribution in [0.3, 0.4) is 0 Å². The van der Waals surface area contributed by atoms with Crippen LogP contribution in [0, 0.1) is 11.3 Å². The van der Waals surface area contributed by atoms with Crippen LogP contribution in [0.1, 0.15) is 72.6 Å². The van der Waals surface area contributed by atoms with Gasteiger partial charge in [-0.15, -0.1) is 0 Å². The molecule has 2 unspecified atom stereocenters.